The Labute approximate surface area is 222 Å². The van der Waals surface area contributed by atoms with E-state index in [9.17, 15) is 22.8 Å². The quantitative estimate of drug-likeness (QED) is 0.425. The number of carbonyl (C=O) groups excluding carboxylic acids is 2. The first-order valence-electron chi connectivity index (χ1n) is 11.8. The van der Waals surface area contributed by atoms with E-state index < -0.39 is 17.8 Å². The van der Waals surface area contributed by atoms with Crippen LogP contribution in [0, 0.1) is 0 Å². The molecule has 2 aromatic carbocycles. The van der Waals surface area contributed by atoms with E-state index in [0.29, 0.717) is 48.5 Å². The number of alkyl halides is 3. The van der Waals surface area contributed by atoms with Crippen molar-refractivity contribution in [2.75, 3.05) is 48.3 Å². The minimum Gasteiger partial charge on any atom is -0.484 e. The minimum absolute atomic E-state index is 0.0607. The summed E-state index contributed by atoms with van der Waals surface area (Å²) in [6, 6.07) is 13.8. The molecule has 0 saturated carbocycles. The number of halogens is 4. The summed E-state index contributed by atoms with van der Waals surface area (Å²) in [5.74, 6) is 1.17. The third-order valence-electron chi connectivity index (χ3n) is 5.82. The Morgan fingerprint density at radius 3 is 2.24 bits per heavy atom. The molecule has 0 atom stereocenters. The lowest BCUT2D eigenvalue weighted by Gasteiger charge is -2.23. The van der Waals surface area contributed by atoms with E-state index in [1.807, 2.05) is 0 Å². The lowest BCUT2D eigenvalue weighted by atomic mass is 10.2. The summed E-state index contributed by atoms with van der Waals surface area (Å²) in [4.78, 5) is 33.1. The molecular formula is C26H25ClF3N5O3. The van der Waals surface area contributed by atoms with Gasteiger partial charge in [-0.15, -0.1) is 0 Å². The van der Waals surface area contributed by atoms with E-state index in [1.54, 1.807) is 41.3 Å². The SMILES string of the molecule is O=C(Nc1ccc(C(F)(F)F)cc1)Nc1ccc(N2CCCN(C(=O)COc3ccc(Cl)cc3)CC2)nc1. The largest absolute Gasteiger partial charge is 0.484 e. The molecule has 3 amide bonds. The molecule has 1 aliphatic rings. The van der Waals surface area contributed by atoms with E-state index in [-0.39, 0.29) is 18.2 Å². The minimum atomic E-state index is -4.44. The number of hydrogen-bond donors (Lipinski definition) is 2. The molecule has 1 saturated heterocycles. The van der Waals surface area contributed by atoms with Gasteiger partial charge < -0.3 is 25.2 Å². The number of rotatable bonds is 6. The maximum atomic E-state index is 12.7. The second-order valence-corrected chi connectivity index (χ2v) is 8.96. The van der Waals surface area contributed by atoms with Crippen LogP contribution in [0.3, 0.4) is 0 Å². The molecule has 200 valence electrons. The zero-order valence-corrected chi connectivity index (χ0v) is 20.9. The van der Waals surface area contributed by atoms with E-state index in [2.05, 4.69) is 20.5 Å². The summed E-state index contributed by atoms with van der Waals surface area (Å²) < 4.78 is 43.6. The highest BCUT2D eigenvalue weighted by molar-refractivity contribution is 6.30. The van der Waals surface area contributed by atoms with Crippen LogP contribution in [0.5, 0.6) is 5.75 Å². The van der Waals surface area contributed by atoms with Gasteiger partial charge in [0.2, 0.25) is 0 Å². The van der Waals surface area contributed by atoms with Gasteiger partial charge in [0.25, 0.3) is 5.91 Å². The zero-order chi connectivity index (χ0) is 27.1. The van der Waals surface area contributed by atoms with Crippen LogP contribution >= 0.6 is 11.6 Å². The molecule has 0 spiro atoms. The highest BCUT2D eigenvalue weighted by Gasteiger charge is 2.30. The molecule has 3 aromatic rings. The second kappa shape index (κ2) is 12.0. The molecule has 2 heterocycles. The number of nitrogens with one attached hydrogen (secondary N) is 2. The summed E-state index contributed by atoms with van der Waals surface area (Å²) in [7, 11) is 0. The molecule has 38 heavy (non-hydrogen) atoms. The van der Waals surface area contributed by atoms with Gasteiger partial charge in [-0.05, 0) is 67.1 Å². The number of urea groups is 1. The van der Waals surface area contributed by atoms with Gasteiger partial charge in [-0.25, -0.2) is 9.78 Å². The number of amides is 3. The summed E-state index contributed by atoms with van der Waals surface area (Å²) in [5, 5.41) is 5.68. The Morgan fingerprint density at radius 2 is 1.58 bits per heavy atom. The Bertz CT molecular complexity index is 1240. The van der Waals surface area contributed by atoms with Gasteiger partial charge >= 0.3 is 12.2 Å². The fourth-order valence-electron chi connectivity index (χ4n) is 3.85. The van der Waals surface area contributed by atoms with Crippen LogP contribution in [0.4, 0.5) is 35.2 Å². The average Bonchev–Trinajstić information content (AvgIpc) is 3.15. The van der Waals surface area contributed by atoms with Gasteiger partial charge in [0.05, 0.1) is 17.4 Å². The second-order valence-electron chi connectivity index (χ2n) is 8.52. The number of anilines is 3. The number of carbonyl (C=O) groups is 2. The number of ether oxygens (including phenoxy) is 1. The lowest BCUT2D eigenvalue weighted by Crippen LogP contribution is -2.38. The summed E-state index contributed by atoms with van der Waals surface area (Å²) in [5.41, 5.74) is -0.151. The predicted octanol–water partition coefficient (Wildman–Crippen LogP) is 5.52. The van der Waals surface area contributed by atoms with Crippen LogP contribution in [-0.4, -0.2) is 54.6 Å². The Morgan fingerprint density at radius 1 is 0.895 bits per heavy atom. The average molecular weight is 548 g/mol. The van der Waals surface area contributed by atoms with Gasteiger partial charge in [-0.1, -0.05) is 11.6 Å². The monoisotopic (exact) mass is 547 g/mol. The summed E-state index contributed by atoms with van der Waals surface area (Å²) >= 11 is 5.86. The van der Waals surface area contributed by atoms with Crippen molar-refractivity contribution in [3.63, 3.8) is 0 Å². The fourth-order valence-corrected chi connectivity index (χ4v) is 3.97. The van der Waals surface area contributed by atoms with Crippen molar-refractivity contribution in [3.05, 3.63) is 77.4 Å². The number of hydrogen-bond acceptors (Lipinski definition) is 5. The third-order valence-corrected chi connectivity index (χ3v) is 6.08. The van der Waals surface area contributed by atoms with Crippen LogP contribution in [0.15, 0.2) is 66.9 Å². The molecule has 4 rings (SSSR count). The molecule has 8 nitrogen and oxygen atoms in total. The Hall–Kier alpha value is -3.99. The van der Waals surface area contributed by atoms with Crippen molar-refractivity contribution < 1.29 is 27.5 Å². The van der Waals surface area contributed by atoms with Gasteiger partial charge in [0, 0.05) is 36.9 Å². The Kier molecular flexibility index (Phi) is 8.57. The first-order valence-corrected chi connectivity index (χ1v) is 12.2. The predicted molar refractivity (Wildman–Crippen MR) is 139 cm³/mol. The van der Waals surface area contributed by atoms with Crippen LogP contribution < -0.4 is 20.3 Å². The molecule has 1 aromatic heterocycles. The molecule has 0 aliphatic carbocycles. The topological polar surface area (TPSA) is 86.8 Å². The van der Waals surface area contributed by atoms with Crippen LogP contribution in [0.1, 0.15) is 12.0 Å². The summed E-state index contributed by atoms with van der Waals surface area (Å²) in [6.45, 7) is 2.34. The van der Waals surface area contributed by atoms with Crippen molar-refractivity contribution in [2.45, 2.75) is 12.6 Å². The summed E-state index contributed by atoms with van der Waals surface area (Å²) in [6.07, 6.45) is -2.19. The molecule has 1 aliphatic heterocycles. The van der Waals surface area contributed by atoms with Crippen molar-refractivity contribution >= 4 is 40.7 Å². The first kappa shape index (κ1) is 27.1. The van der Waals surface area contributed by atoms with E-state index in [4.69, 9.17) is 16.3 Å². The Balaban J connectivity index is 1.25. The molecule has 2 N–H and O–H groups in total. The lowest BCUT2D eigenvalue weighted by molar-refractivity contribution is -0.137. The zero-order valence-electron chi connectivity index (χ0n) is 20.2. The maximum Gasteiger partial charge on any atom is 0.416 e. The van der Waals surface area contributed by atoms with Crippen LogP contribution in [0.2, 0.25) is 5.02 Å². The van der Waals surface area contributed by atoms with Crippen molar-refractivity contribution in [3.8, 4) is 5.75 Å². The van der Waals surface area contributed by atoms with E-state index in [1.165, 1.54) is 18.3 Å². The smallest absolute Gasteiger partial charge is 0.416 e. The van der Waals surface area contributed by atoms with E-state index >= 15 is 0 Å². The number of benzene rings is 2. The standard InChI is InChI=1S/C26H25ClF3N5O3/c27-19-4-9-22(10-5-19)38-17-24(36)35-13-1-12-34(14-15-35)23-11-8-21(16-31-23)33-25(37)32-20-6-2-18(3-7-20)26(28,29)30/h2-11,16H,1,12-15,17H2,(H2,32,33,37). The molecule has 0 unspecified atom stereocenters. The first-order chi connectivity index (χ1) is 18.2. The number of aromatic nitrogens is 1. The molecule has 0 bridgehead atoms. The van der Waals surface area contributed by atoms with Crippen molar-refractivity contribution in [1.29, 1.82) is 0 Å². The normalized spacial score (nSPS) is 14.0. The van der Waals surface area contributed by atoms with Gasteiger partial charge in [-0.2, -0.15) is 13.2 Å². The highest BCUT2D eigenvalue weighted by atomic mass is 35.5. The van der Waals surface area contributed by atoms with Gasteiger partial charge in [-0.3, -0.25) is 4.79 Å². The molecule has 1 fully saturated rings. The van der Waals surface area contributed by atoms with Gasteiger partial charge in [0.15, 0.2) is 6.61 Å². The van der Waals surface area contributed by atoms with Gasteiger partial charge in [0.1, 0.15) is 11.6 Å². The van der Waals surface area contributed by atoms with E-state index in [0.717, 1.165) is 18.6 Å². The molecule has 12 heteroatoms. The molecule has 0 radical (unpaired) electrons. The van der Waals surface area contributed by atoms with Crippen LogP contribution in [0.25, 0.3) is 0 Å². The van der Waals surface area contributed by atoms with Crippen molar-refractivity contribution in [2.24, 2.45) is 0 Å². The number of nitrogens with zero attached hydrogens (tertiary/aromatic N) is 3. The van der Waals surface area contributed by atoms with Crippen LogP contribution in [-0.2, 0) is 11.0 Å². The maximum absolute atomic E-state index is 12.7. The highest BCUT2D eigenvalue weighted by Crippen LogP contribution is 2.29. The van der Waals surface area contributed by atoms with Crippen molar-refractivity contribution in [1.82, 2.24) is 9.88 Å². The fraction of sp³-hybridized carbons (Fsp3) is 0.269. The third kappa shape index (κ3) is 7.51. The molecular weight excluding hydrogens is 523 g/mol. The number of pyridine rings is 1.